The first-order valence-electron chi connectivity index (χ1n) is 7.02. The van der Waals surface area contributed by atoms with Crippen molar-refractivity contribution in [2.24, 2.45) is 7.05 Å². The average Bonchev–Trinajstić information content (AvgIpc) is 2.82. The second-order valence-corrected chi connectivity index (χ2v) is 5.29. The van der Waals surface area contributed by atoms with Gasteiger partial charge in [0.1, 0.15) is 11.6 Å². The number of imidazole rings is 1. The lowest BCUT2D eigenvalue weighted by molar-refractivity contribution is 0.242. The summed E-state index contributed by atoms with van der Waals surface area (Å²) >= 11 is 0. The minimum atomic E-state index is 0.208. The number of hydrogen-bond acceptors (Lipinski definition) is 3. The van der Waals surface area contributed by atoms with Crippen LogP contribution < -0.4 is 10.1 Å². The minimum absolute atomic E-state index is 0.208. The molecule has 0 amide bonds. The van der Waals surface area contributed by atoms with Gasteiger partial charge in [-0.15, -0.1) is 0 Å². The quantitative estimate of drug-likeness (QED) is 0.879. The molecular weight excluding hydrogens is 250 g/mol. The zero-order valence-corrected chi connectivity index (χ0v) is 12.6. The fraction of sp³-hybridized carbons (Fsp3) is 0.438. The van der Waals surface area contributed by atoms with Gasteiger partial charge in [-0.2, -0.15) is 0 Å². The topological polar surface area (TPSA) is 39.1 Å². The molecular formula is C16H23N3O. The van der Waals surface area contributed by atoms with Crippen molar-refractivity contribution in [1.82, 2.24) is 14.9 Å². The highest BCUT2D eigenvalue weighted by molar-refractivity contribution is 5.29. The number of aryl methyl sites for hydroxylation is 1. The zero-order valence-electron chi connectivity index (χ0n) is 12.6. The summed E-state index contributed by atoms with van der Waals surface area (Å²) in [6, 6.07) is 8.53. The predicted molar refractivity (Wildman–Crippen MR) is 80.7 cm³/mol. The maximum atomic E-state index is 5.65. The fourth-order valence-electron chi connectivity index (χ4n) is 2.04. The van der Waals surface area contributed by atoms with E-state index < -0.39 is 0 Å². The first-order chi connectivity index (χ1) is 9.56. The second-order valence-electron chi connectivity index (χ2n) is 5.29. The smallest absolute Gasteiger partial charge is 0.122 e. The molecule has 1 N–H and O–H groups in total. The van der Waals surface area contributed by atoms with E-state index in [9.17, 15) is 0 Å². The SMILES string of the molecule is CC(C)Oc1ccc(C(C)NCc2nccn2C)cc1. The van der Waals surface area contributed by atoms with E-state index >= 15 is 0 Å². The van der Waals surface area contributed by atoms with Crippen LogP contribution in [0, 0.1) is 0 Å². The van der Waals surface area contributed by atoms with Crippen molar-refractivity contribution >= 4 is 0 Å². The molecule has 0 saturated heterocycles. The Bertz CT molecular complexity index is 531. The molecule has 4 heteroatoms. The monoisotopic (exact) mass is 273 g/mol. The summed E-state index contributed by atoms with van der Waals surface area (Å²) in [6.07, 6.45) is 3.99. The molecule has 0 aliphatic heterocycles. The van der Waals surface area contributed by atoms with Crippen molar-refractivity contribution in [1.29, 1.82) is 0 Å². The molecule has 0 fully saturated rings. The fourth-order valence-corrected chi connectivity index (χ4v) is 2.04. The molecule has 4 nitrogen and oxygen atoms in total. The molecule has 1 heterocycles. The van der Waals surface area contributed by atoms with Gasteiger partial charge in [0.25, 0.3) is 0 Å². The van der Waals surface area contributed by atoms with Gasteiger partial charge in [-0.05, 0) is 38.5 Å². The van der Waals surface area contributed by atoms with Crippen molar-refractivity contribution in [2.45, 2.75) is 39.5 Å². The summed E-state index contributed by atoms with van der Waals surface area (Å²) < 4.78 is 7.68. The van der Waals surface area contributed by atoms with Gasteiger partial charge in [0.15, 0.2) is 0 Å². The summed E-state index contributed by atoms with van der Waals surface area (Å²) in [5, 5.41) is 3.48. The summed E-state index contributed by atoms with van der Waals surface area (Å²) in [7, 11) is 2.01. The molecule has 0 aliphatic carbocycles. The minimum Gasteiger partial charge on any atom is -0.491 e. The highest BCUT2D eigenvalue weighted by Crippen LogP contribution is 2.18. The van der Waals surface area contributed by atoms with E-state index in [1.807, 2.05) is 50.0 Å². The molecule has 2 rings (SSSR count). The normalized spacial score (nSPS) is 12.7. The molecule has 0 aliphatic rings. The second kappa shape index (κ2) is 6.57. The molecule has 2 aromatic rings. The number of ether oxygens (including phenoxy) is 1. The van der Waals surface area contributed by atoms with E-state index in [2.05, 4.69) is 29.4 Å². The first kappa shape index (κ1) is 14.6. The van der Waals surface area contributed by atoms with Crippen molar-refractivity contribution in [3.63, 3.8) is 0 Å². The Kier molecular flexibility index (Phi) is 4.79. The van der Waals surface area contributed by atoms with Crippen LogP contribution in [0.5, 0.6) is 5.75 Å². The molecule has 0 spiro atoms. The van der Waals surface area contributed by atoms with Crippen LogP contribution in [0.3, 0.4) is 0 Å². The van der Waals surface area contributed by atoms with Gasteiger partial charge in [0.2, 0.25) is 0 Å². The van der Waals surface area contributed by atoms with Gasteiger partial charge in [-0.1, -0.05) is 12.1 Å². The van der Waals surface area contributed by atoms with E-state index in [1.54, 1.807) is 0 Å². The highest BCUT2D eigenvalue weighted by Gasteiger charge is 2.07. The first-order valence-corrected chi connectivity index (χ1v) is 7.02. The van der Waals surface area contributed by atoms with Crippen LogP contribution in [0.15, 0.2) is 36.7 Å². The van der Waals surface area contributed by atoms with Crippen molar-refractivity contribution in [3.8, 4) is 5.75 Å². The standard InChI is InChI=1S/C16H23N3O/c1-12(2)20-15-7-5-14(6-8-15)13(3)18-11-16-17-9-10-19(16)4/h5-10,12-13,18H,11H2,1-4H3. The van der Waals surface area contributed by atoms with Gasteiger partial charge in [-0.3, -0.25) is 0 Å². The lowest BCUT2D eigenvalue weighted by Gasteiger charge is -2.15. The molecule has 0 saturated carbocycles. The Morgan fingerprint density at radius 1 is 1.20 bits per heavy atom. The molecule has 108 valence electrons. The van der Waals surface area contributed by atoms with Crippen LogP contribution >= 0.6 is 0 Å². The number of hydrogen-bond donors (Lipinski definition) is 1. The van der Waals surface area contributed by atoms with Gasteiger partial charge in [-0.25, -0.2) is 4.98 Å². The molecule has 1 aromatic heterocycles. The molecule has 20 heavy (non-hydrogen) atoms. The number of nitrogens with one attached hydrogen (secondary N) is 1. The highest BCUT2D eigenvalue weighted by atomic mass is 16.5. The van der Waals surface area contributed by atoms with Crippen LogP contribution in [0.25, 0.3) is 0 Å². The van der Waals surface area contributed by atoms with E-state index in [4.69, 9.17) is 4.74 Å². The van der Waals surface area contributed by atoms with Gasteiger partial charge in [0.05, 0.1) is 12.6 Å². The molecule has 1 aromatic carbocycles. The van der Waals surface area contributed by atoms with Crippen molar-refractivity contribution < 1.29 is 4.74 Å². The number of rotatable bonds is 6. The largest absolute Gasteiger partial charge is 0.491 e. The lowest BCUT2D eigenvalue weighted by Crippen LogP contribution is -2.20. The number of aromatic nitrogens is 2. The van der Waals surface area contributed by atoms with Gasteiger partial charge >= 0.3 is 0 Å². The third-order valence-electron chi connectivity index (χ3n) is 3.24. The maximum absolute atomic E-state index is 5.65. The molecule has 0 radical (unpaired) electrons. The zero-order chi connectivity index (χ0) is 14.5. The Morgan fingerprint density at radius 3 is 2.45 bits per heavy atom. The van der Waals surface area contributed by atoms with Crippen LogP contribution in [0.4, 0.5) is 0 Å². The lowest BCUT2D eigenvalue weighted by atomic mass is 10.1. The van der Waals surface area contributed by atoms with Crippen LogP contribution in [0.2, 0.25) is 0 Å². The number of nitrogens with zero attached hydrogens (tertiary/aromatic N) is 2. The molecule has 0 bridgehead atoms. The van der Waals surface area contributed by atoms with Crippen LogP contribution in [-0.2, 0) is 13.6 Å². The van der Waals surface area contributed by atoms with Gasteiger partial charge in [0, 0.05) is 25.5 Å². The summed E-state index contributed by atoms with van der Waals surface area (Å²) in [5.41, 5.74) is 1.25. The third kappa shape index (κ3) is 3.84. The summed E-state index contributed by atoms with van der Waals surface area (Å²) in [4.78, 5) is 4.31. The summed E-state index contributed by atoms with van der Waals surface area (Å²) in [5.74, 6) is 1.96. The number of benzene rings is 1. The van der Waals surface area contributed by atoms with E-state index in [1.165, 1.54) is 5.56 Å². The van der Waals surface area contributed by atoms with Crippen molar-refractivity contribution in [2.75, 3.05) is 0 Å². The van der Waals surface area contributed by atoms with Crippen molar-refractivity contribution in [3.05, 3.63) is 48.0 Å². The Hall–Kier alpha value is -1.81. The summed E-state index contributed by atoms with van der Waals surface area (Å²) in [6.45, 7) is 6.98. The van der Waals surface area contributed by atoms with E-state index in [0.29, 0.717) is 0 Å². The van der Waals surface area contributed by atoms with Gasteiger partial charge < -0.3 is 14.6 Å². The van der Waals surface area contributed by atoms with Crippen LogP contribution in [0.1, 0.15) is 38.2 Å². The van der Waals surface area contributed by atoms with E-state index in [-0.39, 0.29) is 12.1 Å². The Morgan fingerprint density at radius 2 is 1.90 bits per heavy atom. The maximum Gasteiger partial charge on any atom is 0.122 e. The molecule has 1 atom stereocenters. The third-order valence-corrected chi connectivity index (χ3v) is 3.24. The van der Waals surface area contributed by atoms with Crippen LogP contribution in [-0.4, -0.2) is 15.7 Å². The Labute approximate surface area is 120 Å². The Balaban J connectivity index is 1.92. The van der Waals surface area contributed by atoms with E-state index in [0.717, 1.165) is 18.1 Å². The predicted octanol–water partition coefficient (Wildman–Crippen LogP) is 3.06. The average molecular weight is 273 g/mol. The molecule has 1 unspecified atom stereocenters.